The number of nitrogens with zero attached hydrogens (tertiary/aromatic N) is 1. The number of fused-ring (bicyclic) bond motifs is 1. The summed E-state index contributed by atoms with van der Waals surface area (Å²) < 4.78 is 40.0. The van der Waals surface area contributed by atoms with Gasteiger partial charge in [0.05, 0.1) is 6.61 Å². The van der Waals surface area contributed by atoms with Crippen LogP contribution in [-0.4, -0.2) is 54.6 Å². The van der Waals surface area contributed by atoms with Crippen molar-refractivity contribution in [2.45, 2.75) is 84.0 Å². The van der Waals surface area contributed by atoms with Crippen molar-refractivity contribution in [2.75, 3.05) is 26.8 Å². The van der Waals surface area contributed by atoms with Crippen molar-refractivity contribution in [1.29, 1.82) is 0 Å². The molecule has 0 spiro atoms. The summed E-state index contributed by atoms with van der Waals surface area (Å²) in [4.78, 5) is 2.47. The lowest BCUT2D eigenvalue weighted by Crippen LogP contribution is -2.41. The van der Waals surface area contributed by atoms with Gasteiger partial charge in [-0.15, -0.1) is 0 Å². The first-order chi connectivity index (χ1) is 11.4. The first-order valence-electron chi connectivity index (χ1n) is 9.38. The molecule has 0 amide bonds. The van der Waals surface area contributed by atoms with Crippen LogP contribution >= 0.6 is 0 Å². The third-order valence-electron chi connectivity index (χ3n) is 4.73. The van der Waals surface area contributed by atoms with E-state index in [-0.39, 0.29) is 11.5 Å². The fourth-order valence-corrected chi connectivity index (χ4v) is 3.48. The monoisotopic (exact) mass is 355 g/mol. The normalized spacial score (nSPS) is 22.9. The van der Waals surface area contributed by atoms with E-state index in [1.807, 2.05) is 27.7 Å². The Labute approximate surface area is 145 Å². The molecule has 3 nitrogen and oxygen atoms in total. The first-order valence-corrected chi connectivity index (χ1v) is 9.38. The Kier molecular flexibility index (Phi) is 11.2. The van der Waals surface area contributed by atoms with Gasteiger partial charge in [-0.25, -0.2) is 0 Å². The van der Waals surface area contributed by atoms with E-state index < -0.39 is 12.3 Å². The number of methoxy groups -OCH3 is 1. The number of hydrogen-bond acceptors (Lipinski definition) is 3. The van der Waals surface area contributed by atoms with E-state index in [0.29, 0.717) is 19.4 Å². The van der Waals surface area contributed by atoms with Crippen LogP contribution in [0.3, 0.4) is 0 Å². The van der Waals surface area contributed by atoms with E-state index in [1.165, 1.54) is 38.8 Å². The maximum atomic E-state index is 11.9. The van der Waals surface area contributed by atoms with Crippen molar-refractivity contribution >= 4 is 0 Å². The smallest absolute Gasteiger partial charge is 0.394 e. The van der Waals surface area contributed by atoms with Crippen LogP contribution in [0, 0.1) is 5.92 Å². The standard InChI is InChI=1S/C8H15NO.C6H9F3O.2C2H6/c10-7-8-3-1-5-9(8)6-2-4-8;1-10-5(4-2-3-4)6(7,8)9;2*1-2/h10H,1-7H2;4-5H,2-3H2,1H3;2*1-2H3. The molecule has 2 aliphatic heterocycles. The topological polar surface area (TPSA) is 32.7 Å². The zero-order valence-corrected chi connectivity index (χ0v) is 16.0. The summed E-state index contributed by atoms with van der Waals surface area (Å²) in [6, 6.07) is 0. The molecule has 146 valence electrons. The van der Waals surface area contributed by atoms with Gasteiger partial charge in [0.25, 0.3) is 0 Å². The van der Waals surface area contributed by atoms with Gasteiger partial charge in [0.15, 0.2) is 6.10 Å². The highest BCUT2D eigenvalue weighted by Crippen LogP contribution is 2.41. The van der Waals surface area contributed by atoms with Crippen LogP contribution in [0.4, 0.5) is 13.2 Å². The molecule has 3 aliphatic rings. The first kappa shape index (κ1) is 23.7. The van der Waals surface area contributed by atoms with Crippen LogP contribution in [-0.2, 0) is 4.74 Å². The van der Waals surface area contributed by atoms with E-state index in [0.717, 1.165) is 7.11 Å². The van der Waals surface area contributed by atoms with Gasteiger partial charge in [0.1, 0.15) is 0 Å². The SMILES string of the molecule is CC.CC.COC(C1CC1)C(F)(F)F.OCC12CCCN1CCC2. The third kappa shape index (κ3) is 6.52. The molecule has 0 aromatic rings. The molecule has 0 aromatic carbocycles. The van der Waals surface area contributed by atoms with Gasteiger partial charge in [-0.2, -0.15) is 13.2 Å². The highest BCUT2D eigenvalue weighted by Gasteiger charge is 2.49. The molecule has 0 aromatic heterocycles. The van der Waals surface area contributed by atoms with E-state index in [9.17, 15) is 18.3 Å². The Balaban J connectivity index is 0.000000366. The fourth-order valence-electron chi connectivity index (χ4n) is 3.48. The summed E-state index contributed by atoms with van der Waals surface area (Å²) in [6.45, 7) is 10.8. The predicted octanol–water partition coefficient (Wildman–Crippen LogP) is 4.63. The van der Waals surface area contributed by atoms with Crippen molar-refractivity contribution in [3.05, 3.63) is 0 Å². The average molecular weight is 355 g/mol. The summed E-state index contributed by atoms with van der Waals surface area (Å²) in [7, 11) is 1.11. The molecule has 3 rings (SSSR count). The van der Waals surface area contributed by atoms with Crippen LogP contribution in [0.5, 0.6) is 0 Å². The van der Waals surface area contributed by atoms with Gasteiger partial charge < -0.3 is 9.84 Å². The van der Waals surface area contributed by atoms with Gasteiger partial charge in [0.2, 0.25) is 0 Å². The van der Waals surface area contributed by atoms with Crippen LogP contribution in [0.1, 0.15) is 66.2 Å². The average Bonchev–Trinajstić information content (AvgIpc) is 3.18. The molecular formula is C18H36F3NO2. The van der Waals surface area contributed by atoms with Crippen LogP contribution in [0.15, 0.2) is 0 Å². The van der Waals surface area contributed by atoms with Crippen molar-refractivity contribution < 1.29 is 23.0 Å². The van der Waals surface area contributed by atoms with E-state index >= 15 is 0 Å². The minimum Gasteiger partial charge on any atom is -0.394 e. The Hall–Kier alpha value is -0.330. The van der Waals surface area contributed by atoms with Gasteiger partial charge in [-0.05, 0) is 57.5 Å². The largest absolute Gasteiger partial charge is 0.414 e. The molecule has 1 N–H and O–H groups in total. The Morgan fingerprint density at radius 2 is 1.54 bits per heavy atom. The number of alkyl halides is 3. The molecule has 2 heterocycles. The summed E-state index contributed by atoms with van der Waals surface area (Å²) in [5, 5.41) is 9.19. The lowest BCUT2D eigenvalue weighted by atomic mass is 9.96. The minimum atomic E-state index is -4.17. The number of hydrogen-bond donors (Lipinski definition) is 1. The fraction of sp³-hybridized carbons (Fsp3) is 1.00. The maximum Gasteiger partial charge on any atom is 0.414 e. The summed E-state index contributed by atoms with van der Waals surface area (Å²) in [5.41, 5.74) is 0.236. The number of rotatable bonds is 3. The van der Waals surface area contributed by atoms with Gasteiger partial charge in [-0.3, -0.25) is 4.90 Å². The lowest BCUT2D eigenvalue weighted by molar-refractivity contribution is -0.218. The molecule has 0 bridgehead atoms. The van der Waals surface area contributed by atoms with E-state index in [4.69, 9.17) is 0 Å². The Morgan fingerprint density at radius 1 is 1.08 bits per heavy atom. The van der Waals surface area contributed by atoms with Gasteiger partial charge >= 0.3 is 6.18 Å². The van der Waals surface area contributed by atoms with E-state index in [1.54, 1.807) is 0 Å². The second-order valence-corrected chi connectivity index (χ2v) is 6.11. The minimum absolute atomic E-state index is 0.236. The molecule has 2 saturated heterocycles. The third-order valence-corrected chi connectivity index (χ3v) is 4.73. The number of aliphatic hydroxyl groups excluding tert-OH is 1. The zero-order valence-electron chi connectivity index (χ0n) is 16.0. The van der Waals surface area contributed by atoms with Crippen molar-refractivity contribution in [3.63, 3.8) is 0 Å². The van der Waals surface area contributed by atoms with Crippen LogP contribution < -0.4 is 0 Å². The summed E-state index contributed by atoms with van der Waals surface area (Å²) in [5.74, 6) is -0.273. The molecule has 1 unspecified atom stereocenters. The van der Waals surface area contributed by atoms with Crippen LogP contribution in [0.2, 0.25) is 0 Å². The number of ether oxygens (including phenoxy) is 1. The van der Waals surface area contributed by atoms with Crippen molar-refractivity contribution in [3.8, 4) is 0 Å². The summed E-state index contributed by atoms with van der Waals surface area (Å²) in [6.07, 6.45) is 0.646. The molecule has 24 heavy (non-hydrogen) atoms. The van der Waals surface area contributed by atoms with Crippen LogP contribution in [0.25, 0.3) is 0 Å². The van der Waals surface area contributed by atoms with Gasteiger partial charge in [0, 0.05) is 12.6 Å². The molecule has 1 atom stereocenters. The second-order valence-electron chi connectivity index (χ2n) is 6.11. The molecule has 1 aliphatic carbocycles. The summed E-state index contributed by atoms with van der Waals surface area (Å²) >= 11 is 0. The van der Waals surface area contributed by atoms with Gasteiger partial charge in [-0.1, -0.05) is 27.7 Å². The Bertz CT molecular complexity index is 310. The molecular weight excluding hydrogens is 319 g/mol. The predicted molar refractivity (Wildman–Crippen MR) is 92.1 cm³/mol. The molecule has 3 fully saturated rings. The maximum absolute atomic E-state index is 11.9. The highest BCUT2D eigenvalue weighted by molar-refractivity contribution is 4.99. The second kappa shape index (κ2) is 11.3. The van der Waals surface area contributed by atoms with Crippen molar-refractivity contribution in [1.82, 2.24) is 4.90 Å². The molecule has 0 radical (unpaired) electrons. The van der Waals surface area contributed by atoms with E-state index in [2.05, 4.69) is 9.64 Å². The number of halogens is 3. The Morgan fingerprint density at radius 3 is 1.75 bits per heavy atom. The quantitative estimate of drug-likeness (QED) is 0.801. The zero-order chi connectivity index (χ0) is 18.8. The molecule has 1 saturated carbocycles. The lowest BCUT2D eigenvalue weighted by Gasteiger charge is -2.29. The molecule has 6 heteroatoms. The van der Waals surface area contributed by atoms with Crippen molar-refractivity contribution in [2.24, 2.45) is 5.92 Å². The number of aliphatic hydroxyl groups is 1. The highest BCUT2D eigenvalue weighted by atomic mass is 19.4.